The lowest BCUT2D eigenvalue weighted by atomic mass is 10.0. The molecule has 0 fully saturated rings. The van der Waals surface area contributed by atoms with Gasteiger partial charge >= 0.3 is 5.97 Å². The van der Waals surface area contributed by atoms with E-state index in [0.29, 0.717) is 6.42 Å². The van der Waals surface area contributed by atoms with Crippen LogP contribution >= 0.6 is 0 Å². The first-order valence-corrected chi connectivity index (χ1v) is 14.6. The van der Waals surface area contributed by atoms with Crippen molar-refractivity contribution in [1.29, 1.82) is 0 Å². The molecule has 1 heterocycles. The fourth-order valence-electron chi connectivity index (χ4n) is 3.92. The molecule has 0 saturated carbocycles. The fraction of sp³-hybridized carbons (Fsp3) is 0.371. The predicted molar refractivity (Wildman–Crippen MR) is 171 cm³/mol. The van der Waals surface area contributed by atoms with Gasteiger partial charge in [-0.3, -0.25) is 4.79 Å². The second-order valence-corrected chi connectivity index (χ2v) is 9.06. The summed E-state index contributed by atoms with van der Waals surface area (Å²) in [6.07, 6.45) is 6.24. The number of rotatable bonds is 10. The number of aryl methyl sites for hydroxylation is 4. The molecule has 0 aliphatic rings. The number of hydrogen-bond acceptors (Lipinski definition) is 3. The summed E-state index contributed by atoms with van der Waals surface area (Å²) >= 11 is 0. The Kier molecular flexibility index (Phi) is 17.2. The van der Waals surface area contributed by atoms with Crippen LogP contribution in [0.4, 0.5) is 5.69 Å². The summed E-state index contributed by atoms with van der Waals surface area (Å²) in [5.74, 6) is 0.202. The average Bonchev–Trinajstić information content (AvgIpc) is 3.44. The number of unbranched alkanes of at least 4 members (excludes halogenated alkanes) is 1. The van der Waals surface area contributed by atoms with Crippen molar-refractivity contribution in [2.24, 2.45) is 0 Å². The first-order valence-electron chi connectivity index (χ1n) is 14.6. The molecule has 0 radical (unpaired) electrons. The van der Waals surface area contributed by atoms with E-state index in [1.54, 1.807) is 0 Å². The van der Waals surface area contributed by atoms with Gasteiger partial charge in [-0.1, -0.05) is 102 Å². The van der Waals surface area contributed by atoms with E-state index in [0.717, 1.165) is 41.3 Å². The summed E-state index contributed by atoms with van der Waals surface area (Å²) in [7, 11) is 0. The zero-order valence-electron chi connectivity index (χ0n) is 25.6. The van der Waals surface area contributed by atoms with Gasteiger partial charge < -0.3 is 15.4 Å². The van der Waals surface area contributed by atoms with Crippen LogP contribution in [0, 0.1) is 13.8 Å². The van der Waals surface area contributed by atoms with Crippen molar-refractivity contribution in [2.45, 2.75) is 87.1 Å². The highest BCUT2D eigenvalue weighted by molar-refractivity contribution is 5.67. The summed E-state index contributed by atoms with van der Waals surface area (Å²) in [4.78, 5) is 18.0. The van der Waals surface area contributed by atoms with Gasteiger partial charge in [0.1, 0.15) is 5.82 Å². The number of aliphatic carboxylic acids is 1. The molecule has 4 aromatic rings. The van der Waals surface area contributed by atoms with Crippen molar-refractivity contribution in [2.75, 3.05) is 5.32 Å². The Morgan fingerprint density at radius 2 is 1.52 bits per heavy atom. The number of aromatic amines is 1. The van der Waals surface area contributed by atoms with Crippen LogP contribution in [0.2, 0.25) is 0 Å². The normalized spacial score (nSPS) is 9.68. The Bertz CT molecular complexity index is 1220. The van der Waals surface area contributed by atoms with Crippen LogP contribution in [-0.4, -0.2) is 21.0 Å². The summed E-state index contributed by atoms with van der Waals surface area (Å²) < 4.78 is 0. The highest BCUT2D eigenvalue weighted by Crippen LogP contribution is 2.18. The fourth-order valence-corrected chi connectivity index (χ4v) is 3.92. The quantitative estimate of drug-likeness (QED) is 0.186. The monoisotopic (exact) mass is 543 g/mol. The predicted octanol–water partition coefficient (Wildman–Crippen LogP) is 9.40. The largest absolute Gasteiger partial charge is 0.481 e. The number of H-pyrrole nitrogens is 1. The average molecular weight is 544 g/mol. The van der Waals surface area contributed by atoms with Crippen molar-refractivity contribution in [3.8, 4) is 11.3 Å². The van der Waals surface area contributed by atoms with Crippen molar-refractivity contribution in [1.82, 2.24) is 9.97 Å². The van der Waals surface area contributed by atoms with Crippen molar-refractivity contribution in [3.63, 3.8) is 0 Å². The lowest BCUT2D eigenvalue weighted by Crippen LogP contribution is -2.02. The van der Waals surface area contributed by atoms with Crippen LogP contribution < -0.4 is 5.32 Å². The molecule has 0 aliphatic carbocycles. The standard InChI is InChI=1S/C21H27NO2.C10H10N2.2C2H6/c1-3-4-5-17-6-8-18(9-7-17)15-22-20-12-10-19(16(2)14-20)11-13-21(23)24;1-8-11-7-10(12-8)9-5-3-2-4-6-9;2*1-2/h6-10,12,14,22H,3-5,11,13,15H2,1-2H3,(H,23,24);2-7H,1H3,(H,11,12);2*1-2H3. The highest BCUT2D eigenvalue weighted by Gasteiger charge is 2.04. The molecule has 216 valence electrons. The van der Waals surface area contributed by atoms with Gasteiger partial charge in [-0.2, -0.15) is 0 Å². The second-order valence-electron chi connectivity index (χ2n) is 9.06. The molecule has 0 saturated heterocycles. The van der Waals surface area contributed by atoms with Gasteiger partial charge in [0.2, 0.25) is 0 Å². The number of anilines is 1. The van der Waals surface area contributed by atoms with Gasteiger partial charge in [-0.15, -0.1) is 0 Å². The number of imidazole rings is 1. The SMILES string of the molecule is CC.CC.CCCCc1ccc(CNc2ccc(CCC(=O)O)c(C)c2)cc1.Cc1ncc(-c2ccccc2)[nH]1. The lowest BCUT2D eigenvalue weighted by molar-refractivity contribution is -0.136. The molecule has 4 rings (SSSR count). The van der Waals surface area contributed by atoms with Crippen LogP contribution in [0.25, 0.3) is 11.3 Å². The molecule has 0 bridgehead atoms. The van der Waals surface area contributed by atoms with E-state index in [9.17, 15) is 4.79 Å². The van der Waals surface area contributed by atoms with Crippen LogP contribution in [0.15, 0.2) is 79.0 Å². The van der Waals surface area contributed by atoms with Gasteiger partial charge in [-0.25, -0.2) is 4.98 Å². The number of carboxylic acid groups (broad SMARTS) is 1. The third-order valence-electron chi connectivity index (χ3n) is 6.08. The molecule has 0 amide bonds. The minimum absolute atomic E-state index is 0.179. The third kappa shape index (κ3) is 12.8. The molecule has 0 spiro atoms. The van der Waals surface area contributed by atoms with Crippen LogP contribution in [-0.2, 0) is 24.2 Å². The zero-order valence-corrected chi connectivity index (χ0v) is 25.6. The van der Waals surface area contributed by atoms with Crippen LogP contribution in [0.5, 0.6) is 0 Å². The molecular formula is C35H49N3O2. The van der Waals surface area contributed by atoms with Crippen LogP contribution in [0.1, 0.15) is 82.0 Å². The number of carboxylic acids is 1. The number of aromatic nitrogens is 2. The molecule has 0 unspecified atom stereocenters. The number of hydrogen-bond donors (Lipinski definition) is 3. The van der Waals surface area contributed by atoms with E-state index in [2.05, 4.69) is 64.7 Å². The Labute approximate surface area is 242 Å². The minimum Gasteiger partial charge on any atom is -0.481 e. The van der Waals surface area contributed by atoms with E-state index in [1.807, 2.05) is 78.1 Å². The Morgan fingerprint density at radius 3 is 2.08 bits per heavy atom. The Balaban J connectivity index is 0.000000416. The van der Waals surface area contributed by atoms with E-state index in [1.165, 1.54) is 29.5 Å². The van der Waals surface area contributed by atoms with Crippen molar-refractivity contribution >= 4 is 11.7 Å². The van der Waals surface area contributed by atoms with E-state index >= 15 is 0 Å². The maximum Gasteiger partial charge on any atom is 0.303 e. The topological polar surface area (TPSA) is 78.0 Å². The molecule has 1 aromatic heterocycles. The molecular weight excluding hydrogens is 494 g/mol. The molecule has 3 N–H and O–H groups in total. The summed E-state index contributed by atoms with van der Waals surface area (Å²) in [5, 5.41) is 12.2. The number of nitrogens with one attached hydrogen (secondary N) is 2. The van der Waals surface area contributed by atoms with Crippen molar-refractivity contribution < 1.29 is 9.90 Å². The molecule has 0 atom stereocenters. The maximum absolute atomic E-state index is 10.7. The highest BCUT2D eigenvalue weighted by atomic mass is 16.4. The summed E-state index contributed by atoms with van der Waals surface area (Å²) in [5.41, 5.74) is 8.23. The first-order chi connectivity index (χ1) is 19.4. The van der Waals surface area contributed by atoms with Gasteiger partial charge in [0.05, 0.1) is 11.9 Å². The minimum atomic E-state index is -0.751. The van der Waals surface area contributed by atoms with E-state index in [4.69, 9.17) is 5.11 Å². The van der Waals surface area contributed by atoms with Gasteiger partial charge in [-0.05, 0) is 73.1 Å². The Morgan fingerprint density at radius 1 is 0.875 bits per heavy atom. The van der Waals surface area contributed by atoms with Crippen LogP contribution in [0.3, 0.4) is 0 Å². The first kappa shape index (κ1) is 34.2. The van der Waals surface area contributed by atoms with Crippen molar-refractivity contribution in [3.05, 3.63) is 107 Å². The molecule has 5 heteroatoms. The molecule has 0 aliphatic heterocycles. The lowest BCUT2D eigenvalue weighted by Gasteiger charge is -2.11. The van der Waals surface area contributed by atoms with Gasteiger partial charge in [0, 0.05) is 18.7 Å². The summed E-state index contributed by atoms with van der Waals surface area (Å²) in [6, 6.07) is 25.1. The maximum atomic E-state index is 10.7. The van der Waals surface area contributed by atoms with Gasteiger partial charge in [0.15, 0.2) is 0 Å². The molecule has 5 nitrogen and oxygen atoms in total. The van der Waals surface area contributed by atoms with Gasteiger partial charge in [0.25, 0.3) is 0 Å². The molecule has 3 aromatic carbocycles. The van der Waals surface area contributed by atoms with E-state index < -0.39 is 5.97 Å². The Hall–Kier alpha value is -3.86. The zero-order chi connectivity index (χ0) is 29.8. The number of carbonyl (C=O) groups is 1. The molecule has 40 heavy (non-hydrogen) atoms. The second kappa shape index (κ2) is 20.1. The van der Waals surface area contributed by atoms with E-state index in [-0.39, 0.29) is 6.42 Å². The smallest absolute Gasteiger partial charge is 0.303 e. The summed E-state index contributed by atoms with van der Waals surface area (Å²) in [6.45, 7) is 15.0. The number of benzene rings is 3. The third-order valence-corrected chi connectivity index (χ3v) is 6.08. The number of nitrogens with zero attached hydrogens (tertiary/aromatic N) is 1.